The molecule has 2 rings (SSSR count). The normalized spacial score (nSPS) is 29.6. The molecule has 1 amide bonds. The summed E-state index contributed by atoms with van der Waals surface area (Å²) in [6.45, 7) is 5.24. The highest BCUT2D eigenvalue weighted by atomic mass is 35.5. The molecule has 2 fully saturated rings. The summed E-state index contributed by atoms with van der Waals surface area (Å²) in [6.07, 6.45) is 7.16. The van der Waals surface area contributed by atoms with Crippen LogP contribution in [0.5, 0.6) is 0 Å². The number of nitrogens with zero attached hydrogens (tertiary/aromatic N) is 1. The van der Waals surface area contributed by atoms with E-state index < -0.39 is 0 Å². The molecule has 0 radical (unpaired) electrons. The fourth-order valence-electron chi connectivity index (χ4n) is 2.91. The molecule has 2 aliphatic rings. The third-order valence-corrected chi connectivity index (χ3v) is 4.10. The van der Waals surface area contributed by atoms with Gasteiger partial charge in [-0.15, -0.1) is 12.4 Å². The number of carbonyl (C=O) groups excluding carboxylic acids is 1. The number of carbonyl (C=O) groups is 1. The molecule has 4 heteroatoms. The first-order valence-electron chi connectivity index (χ1n) is 6.83. The van der Waals surface area contributed by atoms with Crippen LogP contribution in [-0.2, 0) is 4.79 Å². The Bertz CT molecular complexity index is 242. The second-order valence-corrected chi connectivity index (χ2v) is 5.18. The summed E-state index contributed by atoms with van der Waals surface area (Å²) >= 11 is 0. The first kappa shape index (κ1) is 14.8. The van der Waals surface area contributed by atoms with Crippen LogP contribution in [-0.4, -0.2) is 36.5 Å². The highest BCUT2D eigenvalue weighted by molar-refractivity contribution is 5.85. The van der Waals surface area contributed by atoms with Crippen molar-refractivity contribution in [3.05, 3.63) is 0 Å². The molecule has 2 heterocycles. The van der Waals surface area contributed by atoms with E-state index in [1.165, 1.54) is 25.7 Å². The van der Waals surface area contributed by atoms with Crippen molar-refractivity contribution in [2.24, 2.45) is 5.92 Å². The second kappa shape index (κ2) is 7.22. The first-order valence-corrected chi connectivity index (χ1v) is 6.83. The minimum absolute atomic E-state index is 0. The van der Waals surface area contributed by atoms with Crippen LogP contribution >= 0.6 is 12.4 Å². The number of halogens is 1. The molecule has 2 atom stereocenters. The van der Waals surface area contributed by atoms with Gasteiger partial charge in [-0.1, -0.05) is 13.3 Å². The Morgan fingerprint density at radius 3 is 2.71 bits per heavy atom. The number of rotatable bonds is 2. The zero-order valence-electron chi connectivity index (χ0n) is 10.8. The van der Waals surface area contributed by atoms with E-state index in [4.69, 9.17) is 0 Å². The minimum atomic E-state index is 0. The molecule has 0 bridgehead atoms. The number of likely N-dealkylation sites (tertiary alicyclic amines) is 1. The smallest absolute Gasteiger partial charge is 0.239 e. The topological polar surface area (TPSA) is 32.3 Å². The van der Waals surface area contributed by atoms with Gasteiger partial charge in [-0.25, -0.2) is 0 Å². The van der Waals surface area contributed by atoms with Crippen molar-refractivity contribution in [3.8, 4) is 0 Å². The van der Waals surface area contributed by atoms with Crippen molar-refractivity contribution in [1.29, 1.82) is 0 Å². The zero-order chi connectivity index (χ0) is 11.4. The number of amides is 1. The minimum Gasteiger partial charge on any atom is -0.341 e. The maximum Gasteiger partial charge on any atom is 0.239 e. The molecule has 0 spiro atoms. The van der Waals surface area contributed by atoms with Crippen molar-refractivity contribution in [2.45, 2.75) is 51.5 Å². The Balaban J connectivity index is 0.00000144. The lowest BCUT2D eigenvalue weighted by Gasteiger charge is -2.24. The summed E-state index contributed by atoms with van der Waals surface area (Å²) < 4.78 is 0. The van der Waals surface area contributed by atoms with Crippen LogP contribution in [0.1, 0.15) is 45.4 Å². The number of hydrogen-bond donors (Lipinski definition) is 1. The molecule has 2 saturated heterocycles. The average Bonchev–Trinajstić information content (AvgIpc) is 2.73. The predicted octanol–water partition coefficient (Wildman–Crippen LogP) is 2.20. The molecule has 0 aromatic carbocycles. The highest BCUT2D eigenvalue weighted by Gasteiger charge is 2.28. The van der Waals surface area contributed by atoms with Crippen LogP contribution in [0.4, 0.5) is 0 Å². The van der Waals surface area contributed by atoms with Gasteiger partial charge in [-0.3, -0.25) is 4.79 Å². The number of nitrogens with one attached hydrogen (secondary N) is 1. The average molecular weight is 261 g/mol. The monoisotopic (exact) mass is 260 g/mol. The zero-order valence-corrected chi connectivity index (χ0v) is 11.6. The first-order chi connectivity index (χ1) is 7.81. The van der Waals surface area contributed by atoms with E-state index in [-0.39, 0.29) is 18.4 Å². The maximum absolute atomic E-state index is 12.2. The Labute approximate surface area is 111 Å². The molecule has 3 nitrogen and oxygen atoms in total. The quantitative estimate of drug-likeness (QED) is 0.826. The number of hydrogen-bond acceptors (Lipinski definition) is 2. The summed E-state index contributed by atoms with van der Waals surface area (Å²) in [5.74, 6) is 1.20. The molecule has 2 aliphatic heterocycles. The summed E-state index contributed by atoms with van der Waals surface area (Å²) in [6, 6.07) is 0.123. The van der Waals surface area contributed by atoms with E-state index in [1.807, 2.05) is 0 Å². The fourth-order valence-corrected chi connectivity index (χ4v) is 2.91. The van der Waals surface area contributed by atoms with Gasteiger partial charge >= 0.3 is 0 Å². The van der Waals surface area contributed by atoms with E-state index in [0.717, 1.165) is 38.4 Å². The highest BCUT2D eigenvalue weighted by Crippen LogP contribution is 2.21. The lowest BCUT2D eigenvalue weighted by atomic mass is 9.98. The van der Waals surface area contributed by atoms with Gasteiger partial charge in [0.1, 0.15) is 0 Å². The van der Waals surface area contributed by atoms with Gasteiger partial charge in [0.2, 0.25) is 5.91 Å². The van der Waals surface area contributed by atoms with Crippen molar-refractivity contribution >= 4 is 18.3 Å². The van der Waals surface area contributed by atoms with Gasteiger partial charge in [0, 0.05) is 13.1 Å². The molecule has 100 valence electrons. The third kappa shape index (κ3) is 3.85. The van der Waals surface area contributed by atoms with Crippen molar-refractivity contribution in [2.75, 3.05) is 19.6 Å². The second-order valence-electron chi connectivity index (χ2n) is 5.18. The molecule has 1 unspecified atom stereocenters. The molecule has 0 aromatic heterocycles. The van der Waals surface area contributed by atoms with E-state index in [2.05, 4.69) is 17.1 Å². The summed E-state index contributed by atoms with van der Waals surface area (Å²) in [4.78, 5) is 14.3. The Morgan fingerprint density at radius 1 is 1.24 bits per heavy atom. The van der Waals surface area contributed by atoms with E-state index >= 15 is 0 Å². The molecular formula is C13H25ClN2O. The van der Waals surface area contributed by atoms with E-state index in [1.54, 1.807) is 0 Å². The molecule has 0 aliphatic carbocycles. The van der Waals surface area contributed by atoms with E-state index in [0.29, 0.717) is 5.91 Å². The van der Waals surface area contributed by atoms with Gasteiger partial charge in [-0.2, -0.15) is 0 Å². The van der Waals surface area contributed by atoms with Gasteiger partial charge in [0.25, 0.3) is 0 Å². The lowest BCUT2D eigenvalue weighted by molar-refractivity contribution is -0.133. The van der Waals surface area contributed by atoms with Gasteiger partial charge < -0.3 is 10.2 Å². The van der Waals surface area contributed by atoms with Crippen LogP contribution < -0.4 is 5.32 Å². The Morgan fingerprint density at radius 2 is 2.06 bits per heavy atom. The molecule has 0 saturated carbocycles. The summed E-state index contributed by atoms with van der Waals surface area (Å²) in [5.41, 5.74) is 0. The SMILES string of the molecule is CCC1CCCN(C(=O)[C@@H]2CCCN2)CC1.Cl. The van der Waals surface area contributed by atoms with Gasteiger partial charge in [0.15, 0.2) is 0 Å². The van der Waals surface area contributed by atoms with Crippen LogP contribution in [0.2, 0.25) is 0 Å². The van der Waals surface area contributed by atoms with Crippen molar-refractivity contribution in [3.63, 3.8) is 0 Å². The molecule has 1 N–H and O–H groups in total. The predicted molar refractivity (Wildman–Crippen MR) is 72.5 cm³/mol. The van der Waals surface area contributed by atoms with Crippen LogP contribution in [0.25, 0.3) is 0 Å². The van der Waals surface area contributed by atoms with Crippen molar-refractivity contribution in [1.82, 2.24) is 10.2 Å². The molecule has 0 aromatic rings. The fraction of sp³-hybridized carbons (Fsp3) is 0.923. The Hall–Kier alpha value is -0.280. The molecular weight excluding hydrogens is 236 g/mol. The summed E-state index contributed by atoms with van der Waals surface area (Å²) in [5, 5.41) is 3.31. The van der Waals surface area contributed by atoms with Crippen molar-refractivity contribution < 1.29 is 4.79 Å². The van der Waals surface area contributed by atoms with Crippen LogP contribution in [0, 0.1) is 5.92 Å². The van der Waals surface area contributed by atoms with Gasteiger partial charge in [-0.05, 0) is 44.6 Å². The third-order valence-electron chi connectivity index (χ3n) is 4.10. The van der Waals surface area contributed by atoms with Crippen LogP contribution in [0.15, 0.2) is 0 Å². The Kier molecular flexibility index (Phi) is 6.28. The standard InChI is InChI=1S/C13H24N2O.ClH/c1-2-11-5-4-9-15(10-7-11)13(16)12-6-3-8-14-12;/h11-12,14H,2-10H2,1H3;1H/t11?,12-;/m0./s1. The maximum atomic E-state index is 12.2. The van der Waals surface area contributed by atoms with Crippen LogP contribution in [0.3, 0.4) is 0 Å². The van der Waals surface area contributed by atoms with E-state index in [9.17, 15) is 4.79 Å². The lowest BCUT2D eigenvalue weighted by Crippen LogP contribution is -2.44. The van der Waals surface area contributed by atoms with Gasteiger partial charge in [0.05, 0.1) is 6.04 Å². The summed E-state index contributed by atoms with van der Waals surface area (Å²) in [7, 11) is 0. The molecule has 17 heavy (non-hydrogen) atoms. The largest absolute Gasteiger partial charge is 0.341 e.